The Balaban J connectivity index is 2.54. The lowest BCUT2D eigenvalue weighted by Gasteiger charge is -2.05. The summed E-state index contributed by atoms with van der Waals surface area (Å²) in [7, 11) is 0. The maximum Gasteiger partial charge on any atom is 0.361 e. The summed E-state index contributed by atoms with van der Waals surface area (Å²) in [5.41, 5.74) is -0.540. The van der Waals surface area contributed by atoms with Crippen molar-refractivity contribution in [1.29, 1.82) is 0 Å². The molecule has 0 aromatic rings. The Morgan fingerprint density at radius 2 is 2.29 bits per heavy atom. The van der Waals surface area contributed by atoms with Crippen LogP contribution in [0.15, 0.2) is 5.16 Å². The third kappa shape index (κ3) is 3.02. The third-order valence-corrected chi connectivity index (χ3v) is 2.85. The summed E-state index contributed by atoms with van der Waals surface area (Å²) in [4.78, 5) is 26.3. The lowest BCUT2D eigenvalue weighted by atomic mass is 10.3. The molecule has 1 unspecified atom stereocenters. The Hall–Kier alpha value is -1.04. The van der Waals surface area contributed by atoms with Crippen LogP contribution < -0.4 is 0 Å². The zero-order valence-corrected chi connectivity index (χ0v) is 8.54. The van der Waals surface area contributed by atoms with E-state index in [1.165, 1.54) is 0 Å². The van der Waals surface area contributed by atoms with Gasteiger partial charge in [-0.1, -0.05) is 5.16 Å². The molecule has 6 heteroatoms. The first kappa shape index (κ1) is 11.0. The van der Waals surface area contributed by atoms with Crippen LogP contribution in [0.2, 0.25) is 0 Å². The van der Waals surface area contributed by atoms with Gasteiger partial charge in [-0.15, -0.1) is 0 Å². The monoisotopic (exact) mass is 217 g/mol. The van der Waals surface area contributed by atoms with Crippen LogP contribution in [0.25, 0.3) is 0 Å². The van der Waals surface area contributed by atoms with Gasteiger partial charge >= 0.3 is 5.97 Å². The first-order valence-electron chi connectivity index (χ1n) is 4.17. The number of carbonyl (C=O) groups excluding carboxylic acids is 1. The van der Waals surface area contributed by atoms with Crippen LogP contribution in [-0.2, 0) is 14.4 Å². The maximum atomic E-state index is 10.8. The second-order valence-corrected chi connectivity index (χ2v) is 4.04. The highest BCUT2D eigenvalue weighted by atomic mass is 32.2. The van der Waals surface area contributed by atoms with Gasteiger partial charge in [-0.05, 0) is 12.2 Å². The molecule has 1 heterocycles. The Morgan fingerprint density at radius 1 is 1.57 bits per heavy atom. The number of ketones is 1. The highest BCUT2D eigenvalue weighted by molar-refractivity contribution is 7.99. The van der Waals surface area contributed by atoms with Gasteiger partial charge in [0, 0.05) is 12.7 Å². The molecule has 0 radical (unpaired) electrons. The van der Waals surface area contributed by atoms with Crippen molar-refractivity contribution in [2.75, 3.05) is 11.5 Å². The van der Waals surface area contributed by atoms with E-state index in [0.717, 1.165) is 24.9 Å². The van der Waals surface area contributed by atoms with Crippen LogP contribution in [0, 0.1) is 0 Å². The minimum Gasteiger partial charge on any atom is -0.476 e. The largest absolute Gasteiger partial charge is 0.476 e. The summed E-state index contributed by atoms with van der Waals surface area (Å²) in [6, 6.07) is 0. The summed E-state index contributed by atoms with van der Waals surface area (Å²) in [6.45, 7) is 1.15. The van der Waals surface area contributed by atoms with Crippen LogP contribution in [0.4, 0.5) is 0 Å². The number of Topliss-reactive ketones (excluding diaryl/α,β-unsaturated/α-hetero) is 1. The molecule has 5 nitrogen and oxygen atoms in total. The van der Waals surface area contributed by atoms with Gasteiger partial charge in [-0.2, -0.15) is 11.8 Å². The molecule has 0 spiro atoms. The molecule has 1 atom stereocenters. The van der Waals surface area contributed by atoms with Crippen LogP contribution >= 0.6 is 11.8 Å². The van der Waals surface area contributed by atoms with Gasteiger partial charge in [0.15, 0.2) is 5.78 Å². The molecular formula is C8H11NO4S. The number of aliphatic carboxylic acids is 1. The van der Waals surface area contributed by atoms with Gasteiger partial charge in [0.25, 0.3) is 0 Å². The standard InChI is InChI=1S/C8H11NO4S/c1-5(10)7(8(11)12)9-13-6-2-3-14-4-6/h6H,2-4H2,1H3,(H,11,12). The minimum atomic E-state index is -1.34. The number of hydrogen-bond acceptors (Lipinski definition) is 5. The average molecular weight is 217 g/mol. The third-order valence-electron chi connectivity index (χ3n) is 1.72. The molecular weight excluding hydrogens is 206 g/mol. The second-order valence-electron chi connectivity index (χ2n) is 2.89. The molecule has 1 rings (SSSR count). The number of hydrogen-bond donors (Lipinski definition) is 1. The van der Waals surface area contributed by atoms with Crippen molar-refractivity contribution in [2.45, 2.75) is 19.4 Å². The van der Waals surface area contributed by atoms with Crippen LogP contribution in [0.5, 0.6) is 0 Å². The van der Waals surface area contributed by atoms with E-state index >= 15 is 0 Å². The number of thioether (sulfide) groups is 1. The predicted molar refractivity (Wildman–Crippen MR) is 52.6 cm³/mol. The van der Waals surface area contributed by atoms with E-state index in [4.69, 9.17) is 9.94 Å². The van der Waals surface area contributed by atoms with E-state index < -0.39 is 17.5 Å². The van der Waals surface area contributed by atoms with Gasteiger partial charge in [-0.3, -0.25) is 4.79 Å². The molecule has 14 heavy (non-hydrogen) atoms. The highest BCUT2D eigenvalue weighted by Gasteiger charge is 2.20. The zero-order valence-electron chi connectivity index (χ0n) is 7.73. The Labute approximate surface area is 85.5 Å². The first-order chi connectivity index (χ1) is 6.61. The normalized spacial score (nSPS) is 22.1. The fraction of sp³-hybridized carbons (Fsp3) is 0.625. The lowest BCUT2D eigenvalue weighted by molar-refractivity contribution is -0.130. The first-order valence-corrected chi connectivity index (χ1v) is 5.32. The fourth-order valence-electron chi connectivity index (χ4n) is 0.977. The molecule has 78 valence electrons. The van der Waals surface area contributed by atoms with Gasteiger partial charge in [0.1, 0.15) is 6.10 Å². The molecule has 0 aromatic heterocycles. The van der Waals surface area contributed by atoms with Gasteiger partial charge < -0.3 is 9.94 Å². The van der Waals surface area contributed by atoms with E-state index in [1.807, 2.05) is 0 Å². The summed E-state index contributed by atoms with van der Waals surface area (Å²) in [5.74, 6) is -0.150. The van der Waals surface area contributed by atoms with Gasteiger partial charge in [0.05, 0.1) is 0 Å². The molecule has 0 aromatic carbocycles. The number of carbonyl (C=O) groups is 2. The predicted octanol–water partition coefficient (Wildman–Crippen LogP) is 0.538. The van der Waals surface area contributed by atoms with E-state index in [-0.39, 0.29) is 6.10 Å². The van der Waals surface area contributed by atoms with Crippen LogP contribution in [0.1, 0.15) is 13.3 Å². The highest BCUT2D eigenvalue weighted by Crippen LogP contribution is 2.20. The molecule has 1 N–H and O–H groups in total. The summed E-state index contributed by atoms with van der Waals surface area (Å²) >= 11 is 1.72. The molecule has 1 saturated heterocycles. The lowest BCUT2D eigenvalue weighted by Crippen LogP contribution is -2.22. The summed E-state index contributed by atoms with van der Waals surface area (Å²) in [6.07, 6.45) is 0.785. The zero-order chi connectivity index (χ0) is 10.6. The van der Waals surface area contributed by atoms with E-state index in [2.05, 4.69) is 5.16 Å². The van der Waals surface area contributed by atoms with Gasteiger partial charge in [-0.25, -0.2) is 4.79 Å². The SMILES string of the molecule is CC(=O)C(=NOC1CCSC1)C(=O)O. The summed E-state index contributed by atoms with van der Waals surface area (Å²) in [5, 5.41) is 11.9. The number of rotatable bonds is 4. The van der Waals surface area contributed by atoms with Crippen LogP contribution in [0.3, 0.4) is 0 Å². The smallest absolute Gasteiger partial charge is 0.361 e. The Morgan fingerprint density at radius 3 is 2.71 bits per heavy atom. The maximum absolute atomic E-state index is 10.8. The fourth-order valence-corrected chi connectivity index (χ4v) is 2.06. The van der Waals surface area contributed by atoms with Crippen molar-refractivity contribution in [3.63, 3.8) is 0 Å². The topological polar surface area (TPSA) is 76.0 Å². The molecule has 1 fully saturated rings. The van der Waals surface area contributed by atoms with E-state index in [0.29, 0.717) is 0 Å². The Kier molecular flexibility index (Phi) is 3.94. The molecule has 0 aliphatic carbocycles. The number of carboxylic acids is 1. The summed E-state index contributed by atoms with van der Waals surface area (Å²) < 4.78 is 0. The van der Waals surface area contributed by atoms with Crippen molar-refractivity contribution in [3.05, 3.63) is 0 Å². The van der Waals surface area contributed by atoms with Crippen molar-refractivity contribution in [1.82, 2.24) is 0 Å². The van der Waals surface area contributed by atoms with Crippen molar-refractivity contribution < 1.29 is 19.5 Å². The number of oxime groups is 1. The second kappa shape index (κ2) is 4.99. The van der Waals surface area contributed by atoms with Crippen LogP contribution in [-0.4, -0.2) is 40.2 Å². The molecule has 1 aliphatic heterocycles. The van der Waals surface area contributed by atoms with Crippen molar-refractivity contribution in [3.8, 4) is 0 Å². The van der Waals surface area contributed by atoms with Gasteiger partial charge in [0.2, 0.25) is 5.71 Å². The molecule has 0 saturated carbocycles. The number of nitrogens with zero attached hydrogens (tertiary/aromatic N) is 1. The Bertz CT molecular complexity index is 255. The molecule has 1 aliphatic rings. The quantitative estimate of drug-likeness (QED) is 0.422. The van der Waals surface area contributed by atoms with Crippen molar-refractivity contribution >= 4 is 29.2 Å². The molecule has 0 amide bonds. The van der Waals surface area contributed by atoms with E-state index in [1.54, 1.807) is 11.8 Å². The minimum absolute atomic E-state index is 0.0614. The average Bonchev–Trinajstić information content (AvgIpc) is 2.55. The number of carboxylic acid groups (broad SMARTS) is 1. The van der Waals surface area contributed by atoms with Crippen molar-refractivity contribution in [2.24, 2.45) is 5.16 Å². The van der Waals surface area contributed by atoms with E-state index in [9.17, 15) is 9.59 Å². The molecule has 0 bridgehead atoms.